The Kier molecular flexibility index (Phi) is 7.84. The molecule has 1 aliphatic heterocycles. The summed E-state index contributed by atoms with van der Waals surface area (Å²) in [6.45, 7) is 11.0. The van der Waals surface area contributed by atoms with E-state index in [1.54, 1.807) is 17.2 Å². The number of fused-ring (bicyclic) bond motifs is 1. The van der Waals surface area contributed by atoms with Gasteiger partial charge in [0.05, 0.1) is 18.3 Å². The second-order valence-corrected chi connectivity index (χ2v) is 11.6. The van der Waals surface area contributed by atoms with Crippen molar-refractivity contribution in [2.75, 3.05) is 25.5 Å². The maximum absolute atomic E-state index is 13.9. The Morgan fingerprint density at radius 2 is 1.85 bits per heavy atom. The number of ether oxygens (including phenoxy) is 2. The molecule has 0 saturated carbocycles. The number of rotatable bonds is 6. The van der Waals surface area contributed by atoms with Crippen LogP contribution < -0.4 is 10.1 Å². The minimum Gasteiger partial charge on any atom is -0.496 e. The topological polar surface area (TPSA) is 94.4 Å². The molecule has 4 aromatic rings. The molecule has 0 unspecified atom stereocenters. The molecule has 0 aliphatic carbocycles. The van der Waals surface area contributed by atoms with Gasteiger partial charge in [-0.15, -0.1) is 0 Å². The second-order valence-electron chi connectivity index (χ2n) is 11.6. The standard InChI is InChI=1S/C31H37FN6O3/c1-19(2)38-27(17-25(36-38)20-12-14-37(15-13-20)30(39)41-31(3,4)5)34-29-33-18-21-8-7-9-24(28(21)35-29)23-11-10-22(32)16-26(23)40-6/h7-11,16-20H,12-15H2,1-6H3,(H,33,34,35). The summed E-state index contributed by atoms with van der Waals surface area (Å²) in [4.78, 5) is 23.7. The van der Waals surface area contributed by atoms with E-state index in [2.05, 4.69) is 30.2 Å². The van der Waals surface area contributed by atoms with Gasteiger partial charge in [0.2, 0.25) is 5.95 Å². The summed E-state index contributed by atoms with van der Waals surface area (Å²) in [5.74, 6) is 1.52. The molecular formula is C31H37FN6O3. The van der Waals surface area contributed by atoms with Crippen LogP contribution in [0.25, 0.3) is 22.0 Å². The highest BCUT2D eigenvalue weighted by Crippen LogP contribution is 2.36. The van der Waals surface area contributed by atoms with Crippen LogP contribution in [-0.4, -0.2) is 56.5 Å². The predicted octanol–water partition coefficient (Wildman–Crippen LogP) is 7.08. The van der Waals surface area contributed by atoms with Gasteiger partial charge in [0, 0.05) is 59.9 Å². The fourth-order valence-electron chi connectivity index (χ4n) is 5.12. The quantitative estimate of drug-likeness (QED) is 0.269. The zero-order chi connectivity index (χ0) is 29.3. The second kappa shape index (κ2) is 11.3. The van der Waals surface area contributed by atoms with Crippen LogP contribution in [0.3, 0.4) is 0 Å². The SMILES string of the molecule is COc1cc(F)ccc1-c1cccc2cnc(Nc3cc(C4CCN(C(=O)OC(C)(C)C)CC4)nn3C(C)C)nc12. The van der Waals surface area contributed by atoms with Crippen LogP contribution in [0.1, 0.15) is 65.1 Å². The number of piperidine rings is 1. The summed E-state index contributed by atoms with van der Waals surface area (Å²) in [5, 5.41) is 9.16. The first-order chi connectivity index (χ1) is 19.5. The molecule has 41 heavy (non-hydrogen) atoms. The number of nitrogens with zero attached hydrogens (tertiary/aromatic N) is 5. The van der Waals surface area contributed by atoms with Gasteiger partial charge in [0.1, 0.15) is 23.0 Å². The summed E-state index contributed by atoms with van der Waals surface area (Å²) < 4.78 is 26.8. The van der Waals surface area contributed by atoms with E-state index in [-0.39, 0.29) is 23.9 Å². The van der Waals surface area contributed by atoms with Crippen molar-refractivity contribution < 1.29 is 18.7 Å². The molecule has 9 nitrogen and oxygen atoms in total. The third-order valence-corrected chi connectivity index (χ3v) is 7.11. The number of likely N-dealkylation sites (tertiary alicyclic amines) is 1. The number of carbonyl (C=O) groups is 1. The van der Waals surface area contributed by atoms with Gasteiger partial charge in [-0.1, -0.05) is 18.2 Å². The molecule has 1 aliphatic rings. The lowest BCUT2D eigenvalue weighted by Gasteiger charge is -2.32. The van der Waals surface area contributed by atoms with E-state index in [9.17, 15) is 9.18 Å². The van der Waals surface area contributed by atoms with Gasteiger partial charge >= 0.3 is 6.09 Å². The lowest BCUT2D eigenvalue weighted by Crippen LogP contribution is -2.41. The highest BCUT2D eigenvalue weighted by Gasteiger charge is 2.29. The van der Waals surface area contributed by atoms with Crippen molar-refractivity contribution in [1.82, 2.24) is 24.6 Å². The van der Waals surface area contributed by atoms with Crippen LogP contribution in [0, 0.1) is 5.82 Å². The van der Waals surface area contributed by atoms with E-state index in [0.717, 1.165) is 46.4 Å². The average molecular weight is 561 g/mol. The highest BCUT2D eigenvalue weighted by atomic mass is 19.1. The normalized spacial score (nSPS) is 14.5. The molecule has 3 heterocycles. The predicted molar refractivity (Wildman–Crippen MR) is 157 cm³/mol. The number of anilines is 2. The lowest BCUT2D eigenvalue weighted by atomic mass is 9.94. The molecule has 1 amide bonds. The molecule has 0 atom stereocenters. The first kappa shape index (κ1) is 28.3. The summed E-state index contributed by atoms with van der Waals surface area (Å²) in [6.07, 6.45) is 3.12. The van der Waals surface area contributed by atoms with Crippen LogP contribution in [0.2, 0.25) is 0 Å². The number of methoxy groups -OCH3 is 1. The number of hydrogen-bond acceptors (Lipinski definition) is 7. The average Bonchev–Trinajstić information content (AvgIpc) is 3.36. The molecule has 10 heteroatoms. The third kappa shape index (κ3) is 6.26. The van der Waals surface area contributed by atoms with E-state index in [0.29, 0.717) is 24.8 Å². The van der Waals surface area contributed by atoms with Crippen LogP contribution in [0.15, 0.2) is 48.7 Å². The smallest absolute Gasteiger partial charge is 0.410 e. The largest absolute Gasteiger partial charge is 0.496 e. The highest BCUT2D eigenvalue weighted by molar-refractivity contribution is 5.95. The van der Waals surface area contributed by atoms with Gasteiger partial charge in [-0.3, -0.25) is 0 Å². The van der Waals surface area contributed by atoms with E-state index >= 15 is 0 Å². The Morgan fingerprint density at radius 1 is 1.10 bits per heavy atom. The van der Waals surface area contributed by atoms with Crippen molar-refractivity contribution in [3.63, 3.8) is 0 Å². The van der Waals surface area contributed by atoms with Crippen molar-refractivity contribution in [2.24, 2.45) is 0 Å². The van der Waals surface area contributed by atoms with E-state index in [4.69, 9.17) is 19.6 Å². The molecule has 216 valence electrons. The van der Waals surface area contributed by atoms with E-state index < -0.39 is 5.60 Å². The van der Waals surface area contributed by atoms with E-state index in [1.165, 1.54) is 19.2 Å². The first-order valence-electron chi connectivity index (χ1n) is 14.0. The number of hydrogen-bond donors (Lipinski definition) is 1. The molecule has 1 N–H and O–H groups in total. The third-order valence-electron chi connectivity index (χ3n) is 7.11. The van der Waals surface area contributed by atoms with E-state index in [1.807, 2.05) is 43.7 Å². The fourth-order valence-corrected chi connectivity index (χ4v) is 5.12. The molecule has 5 rings (SSSR count). The maximum atomic E-state index is 13.9. The molecule has 0 spiro atoms. The van der Waals surface area contributed by atoms with Crippen LogP contribution in [-0.2, 0) is 4.74 Å². The molecule has 2 aromatic carbocycles. The number of amides is 1. The number of carbonyl (C=O) groups excluding carboxylic acids is 1. The zero-order valence-electron chi connectivity index (χ0n) is 24.4. The molecule has 1 fully saturated rings. The van der Waals surface area contributed by atoms with Crippen LogP contribution in [0.4, 0.5) is 21.0 Å². The van der Waals surface area contributed by atoms with Gasteiger partial charge in [-0.25, -0.2) is 23.8 Å². The Balaban J connectivity index is 1.40. The lowest BCUT2D eigenvalue weighted by molar-refractivity contribution is 0.0204. The van der Waals surface area contributed by atoms with Crippen molar-refractivity contribution in [3.05, 3.63) is 60.2 Å². The number of halogens is 1. The number of nitrogens with one attached hydrogen (secondary N) is 1. The van der Waals surface area contributed by atoms with Gasteiger partial charge in [-0.05, 0) is 59.6 Å². The van der Waals surface area contributed by atoms with Crippen LogP contribution in [0.5, 0.6) is 5.75 Å². The zero-order valence-corrected chi connectivity index (χ0v) is 24.4. The molecule has 1 saturated heterocycles. The number of aromatic nitrogens is 4. The minimum atomic E-state index is -0.513. The van der Waals surface area contributed by atoms with Crippen molar-refractivity contribution in [2.45, 2.75) is 65.0 Å². The van der Waals surface area contributed by atoms with Crippen molar-refractivity contribution >= 4 is 28.8 Å². The monoisotopic (exact) mass is 560 g/mol. The number of benzene rings is 2. The van der Waals surface area contributed by atoms with Gasteiger partial charge in [0.25, 0.3) is 0 Å². The molecule has 2 aromatic heterocycles. The summed E-state index contributed by atoms with van der Waals surface area (Å²) >= 11 is 0. The Bertz CT molecular complexity index is 1550. The van der Waals surface area contributed by atoms with Gasteiger partial charge < -0.3 is 19.7 Å². The Hall–Kier alpha value is -4.21. The maximum Gasteiger partial charge on any atom is 0.410 e. The Labute approximate surface area is 239 Å². The molecule has 0 bridgehead atoms. The minimum absolute atomic E-state index is 0.104. The van der Waals surface area contributed by atoms with Gasteiger partial charge in [0.15, 0.2) is 0 Å². The summed E-state index contributed by atoms with van der Waals surface area (Å²) in [6, 6.07) is 12.4. The van der Waals surface area contributed by atoms with Crippen LogP contribution >= 0.6 is 0 Å². The number of para-hydroxylation sites is 1. The summed E-state index contributed by atoms with van der Waals surface area (Å²) in [5.41, 5.74) is 2.75. The van der Waals surface area contributed by atoms with Crippen molar-refractivity contribution in [3.8, 4) is 16.9 Å². The first-order valence-corrected chi connectivity index (χ1v) is 14.0. The Morgan fingerprint density at radius 3 is 2.54 bits per heavy atom. The molecular weight excluding hydrogens is 523 g/mol. The van der Waals surface area contributed by atoms with Gasteiger partial charge in [-0.2, -0.15) is 5.10 Å². The summed E-state index contributed by atoms with van der Waals surface area (Å²) in [7, 11) is 1.53. The van der Waals surface area contributed by atoms with Crippen molar-refractivity contribution in [1.29, 1.82) is 0 Å². The molecule has 0 radical (unpaired) electrons. The fraction of sp³-hybridized carbons (Fsp3) is 0.419.